The van der Waals surface area contributed by atoms with E-state index >= 15 is 0 Å². The maximum absolute atomic E-state index is 13.7. The van der Waals surface area contributed by atoms with E-state index in [2.05, 4.69) is 41.7 Å². The third kappa shape index (κ3) is 4.81. The van der Waals surface area contributed by atoms with Crippen LogP contribution in [0.4, 0.5) is 11.4 Å². The second-order valence-electron chi connectivity index (χ2n) is 10.0. The van der Waals surface area contributed by atoms with Crippen LogP contribution in [-0.4, -0.2) is 15.0 Å². The Bertz CT molecular complexity index is 1590. The molecule has 0 saturated heterocycles. The SMILES string of the molecule is CCN(c1ccccc1)S(=O)(=O)c1ccc2c(c1)C1C=CCC1C(c1ccccc1OCc1ccccc1)N2. The molecule has 0 radical (unpaired) electrons. The van der Waals surface area contributed by atoms with Gasteiger partial charge < -0.3 is 10.1 Å². The number of sulfonamides is 1. The number of fused-ring (bicyclic) bond motifs is 3. The molecule has 39 heavy (non-hydrogen) atoms. The molecule has 0 fully saturated rings. The van der Waals surface area contributed by atoms with Gasteiger partial charge in [-0.15, -0.1) is 0 Å². The van der Waals surface area contributed by atoms with Crippen molar-refractivity contribution < 1.29 is 13.2 Å². The monoisotopic (exact) mass is 536 g/mol. The van der Waals surface area contributed by atoms with Crippen LogP contribution in [0.1, 0.15) is 42.0 Å². The molecule has 1 aliphatic heterocycles. The van der Waals surface area contributed by atoms with Crippen molar-refractivity contribution in [2.45, 2.75) is 36.8 Å². The summed E-state index contributed by atoms with van der Waals surface area (Å²) < 4.78 is 35.2. The van der Waals surface area contributed by atoms with Crippen molar-refractivity contribution in [3.05, 3.63) is 132 Å². The highest BCUT2D eigenvalue weighted by molar-refractivity contribution is 7.92. The number of nitrogens with zero attached hydrogens (tertiary/aromatic N) is 1. The summed E-state index contributed by atoms with van der Waals surface area (Å²) in [7, 11) is -3.71. The van der Waals surface area contributed by atoms with E-state index in [9.17, 15) is 8.42 Å². The van der Waals surface area contributed by atoms with Crippen molar-refractivity contribution >= 4 is 21.4 Å². The van der Waals surface area contributed by atoms with E-state index in [1.165, 1.54) is 4.31 Å². The Labute approximate surface area is 230 Å². The number of hydrogen-bond acceptors (Lipinski definition) is 4. The average molecular weight is 537 g/mol. The summed E-state index contributed by atoms with van der Waals surface area (Å²) in [4.78, 5) is 0.317. The second-order valence-corrected chi connectivity index (χ2v) is 11.9. The molecule has 6 heteroatoms. The molecule has 4 aromatic rings. The molecule has 0 spiro atoms. The molecular formula is C33H32N2O3S. The molecule has 0 aromatic heterocycles. The molecular weight excluding hydrogens is 504 g/mol. The summed E-state index contributed by atoms with van der Waals surface area (Å²) in [6, 6.07) is 33.2. The Kier molecular flexibility index (Phi) is 6.88. The minimum Gasteiger partial charge on any atom is -0.489 e. The quantitative estimate of drug-likeness (QED) is 0.240. The van der Waals surface area contributed by atoms with Crippen molar-refractivity contribution in [3.63, 3.8) is 0 Å². The van der Waals surface area contributed by atoms with Crippen LogP contribution in [0.15, 0.2) is 120 Å². The molecule has 0 saturated carbocycles. The fourth-order valence-corrected chi connectivity index (χ4v) is 7.37. The number of benzene rings is 4. The Morgan fingerprint density at radius 3 is 2.36 bits per heavy atom. The van der Waals surface area contributed by atoms with Gasteiger partial charge in [0.05, 0.1) is 16.6 Å². The third-order valence-electron chi connectivity index (χ3n) is 7.74. The number of allylic oxidation sites excluding steroid dienone is 2. The Hall–Kier alpha value is -4.03. The number of para-hydroxylation sites is 2. The molecule has 0 amide bonds. The van der Waals surface area contributed by atoms with E-state index in [-0.39, 0.29) is 17.9 Å². The summed E-state index contributed by atoms with van der Waals surface area (Å²) in [5.74, 6) is 1.25. The largest absolute Gasteiger partial charge is 0.489 e. The Morgan fingerprint density at radius 2 is 1.59 bits per heavy atom. The van der Waals surface area contributed by atoms with Crippen LogP contribution in [0.3, 0.4) is 0 Å². The van der Waals surface area contributed by atoms with Crippen LogP contribution in [0.25, 0.3) is 0 Å². The van der Waals surface area contributed by atoms with Crippen LogP contribution < -0.4 is 14.4 Å². The maximum atomic E-state index is 13.7. The van der Waals surface area contributed by atoms with Crippen molar-refractivity contribution in [2.24, 2.45) is 5.92 Å². The molecule has 4 aromatic carbocycles. The predicted octanol–water partition coefficient (Wildman–Crippen LogP) is 7.31. The first-order valence-corrected chi connectivity index (χ1v) is 14.9. The van der Waals surface area contributed by atoms with Crippen molar-refractivity contribution in [1.82, 2.24) is 0 Å². The maximum Gasteiger partial charge on any atom is 0.264 e. The fraction of sp³-hybridized carbons (Fsp3) is 0.212. The molecule has 198 valence electrons. The van der Waals surface area contributed by atoms with Crippen LogP contribution in [0.2, 0.25) is 0 Å². The molecule has 0 bridgehead atoms. The standard InChI is InChI=1S/C33H32N2O3S/c1-2-35(25-14-7-4-8-15-25)39(36,37)26-20-21-31-30(22-26)27-17-11-18-28(27)33(34-31)29-16-9-10-19-32(29)38-23-24-12-5-3-6-13-24/h3-17,19-22,27-28,33-34H,2,18,23H2,1H3. The van der Waals surface area contributed by atoms with Crippen LogP contribution >= 0.6 is 0 Å². The first-order chi connectivity index (χ1) is 19.1. The van der Waals surface area contributed by atoms with E-state index in [0.717, 1.165) is 34.5 Å². The zero-order chi connectivity index (χ0) is 26.8. The summed E-state index contributed by atoms with van der Waals surface area (Å²) in [6.45, 7) is 2.72. The highest BCUT2D eigenvalue weighted by Crippen LogP contribution is 2.51. The molecule has 5 nitrogen and oxygen atoms in total. The average Bonchev–Trinajstić information content (AvgIpc) is 3.48. The van der Waals surface area contributed by atoms with Gasteiger partial charge in [-0.1, -0.05) is 78.9 Å². The van der Waals surface area contributed by atoms with E-state index in [4.69, 9.17) is 4.74 Å². The first-order valence-electron chi connectivity index (χ1n) is 13.5. The minimum absolute atomic E-state index is 0.0448. The van der Waals surface area contributed by atoms with Gasteiger partial charge in [0.1, 0.15) is 12.4 Å². The predicted molar refractivity (Wildman–Crippen MR) is 157 cm³/mol. The van der Waals surface area contributed by atoms with Gasteiger partial charge in [0.15, 0.2) is 0 Å². The van der Waals surface area contributed by atoms with Crippen molar-refractivity contribution in [2.75, 3.05) is 16.2 Å². The Morgan fingerprint density at radius 1 is 0.872 bits per heavy atom. The van der Waals surface area contributed by atoms with Gasteiger partial charge in [0, 0.05) is 23.7 Å². The third-order valence-corrected chi connectivity index (χ3v) is 9.64. The highest BCUT2D eigenvalue weighted by atomic mass is 32.2. The smallest absolute Gasteiger partial charge is 0.264 e. The van der Waals surface area contributed by atoms with Gasteiger partial charge in [-0.05, 0) is 66.8 Å². The zero-order valence-corrected chi connectivity index (χ0v) is 22.7. The lowest BCUT2D eigenvalue weighted by atomic mass is 9.77. The van der Waals surface area contributed by atoms with Crippen molar-refractivity contribution in [1.29, 1.82) is 0 Å². The van der Waals surface area contributed by atoms with Gasteiger partial charge >= 0.3 is 0 Å². The number of ether oxygens (including phenoxy) is 1. The van der Waals surface area contributed by atoms with Gasteiger partial charge in [-0.2, -0.15) is 0 Å². The summed E-state index contributed by atoms with van der Waals surface area (Å²) in [5, 5.41) is 3.75. The lowest BCUT2D eigenvalue weighted by Crippen LogP contribution is -2.32. The molecule has 1 heterocycles. The van der Waals surface area contributed by atoms with Crippen LogP contribution in [0, 0.1) is 5.92 Å². The number of anilines is 2. The summed E-state index contributed by atoms with van der Waals surface area (Å²) >= 11 is 0. The first kappa shape index (κ1) is 25.3. The van der Waals surface area contributed by atoms with Gasteiger partial charge in [-0.25, -0.2) is 8.42 Å². The number of nitrogens with one attached hydrogen (secondary N) is 1. The molecule has 2 aliphatic rings. The molecule has 3 atom stereocenters. The second kappa shape index (κ2) is 10.6. The minimum atomic E-state index is -3.71. The zero-order valence-electron chi connectivity index (χ0n) is 21.9. The van der Waals surface area contributed by atoms with Crippen molar-refractivity contribution in [3.8, 4) is 5.75 Å². The Balaban J connectivity index is 1.32. The molecule has 6 rings (SSSR count). The molecule has 1 N–H and O–H groups in total. The summed E-state index contributed by atoms with van der Waals surface area (Å²) in [5.41, 5.74) is 4.91. The lowest BCUT2D eigenvalue weighted by Gasteiger charge is -2.38. The van der Waals surface area contributed by atoms with E-state index in [0.29, 0.717) is 23.7 Å². The topological polar surface area (TPSA) is 58.6 Å². The van der Waals surface area contributed by atoms with Gasteiger partial charge in [-0.3, -0.25) is 4.31 Å². The van der Waals surface area contributed by atoms with Crippen LogP contribution in [-0.2, 0) is 16.6 Å². The summed E-state index contributed by atoms with van der Waals surface area (Å²) in [6.07, 6.45) is 5.36. The molecule has 3 unspecified atom stereocenters. The van der Waals surface area contributed by atoms with E-state index < -0.39 is 10.0 Å². The number of rotatable bonds is 8. The number of hydrogen-bond donors (Lipinski definition) is 1. The molecule has 1 aliphatic carbocycles. The highest BCUT2D eigenvalue weighted by Gasteiger charge is 2.40. The fourth-order valence-electron chi connectivity index (χ4n) is 5.86. The van der Waals surface area contributed by atoms with E-state index in [1.54, 1.807) is 6.07 Å². The van der Waals surface area contributed by atoms with E-state index in [1.807, 2.05) is 79.7 Å². The van der Waals surface area contributed by atoms with Gasteiger partial charge in [0.2, 0.25) is 0 Å². The lowest BCUT2D eigenvalue weighted by molar-refractivity contribution is 0.296. The van der Waals surface area contributed by atoms with Gasteiger partial charge in [0.25, 0.3) is 10.0 Å². The normalized spacial score (nSPS) is 19.6. The van der Waals surface area contributed by atoms with Crippen LogP contribution in [0.5, 0.6) is 5.75 Å².